The maximum absolute atomic E-state index is 13.2. The van der Waals surface area contributed by atoms with Crippen molar-refractivity contribution in [2.24, 2.45) is 0 Å². The van der Waals surface area contributed by atoms with E-state index < -0.39 is 11.6 Å². The van der Waals surface area contributed by atoms with Gasteiger partial charge in [0.15, 0.2) is 17.4 Å². The van der Waals surface area contributed by atoms with Crippen LogP contribution in [0.4, 0.5) is 8.78 Å². The van der Waals surface area contributed by atoms with Crippen molar-refractivity contribution in [1.29, 1.82) is 0 Å². The largest absolute Gasteiger partial charge is 0.294 e. The molecule has 0 aromatic heterocycles. The van der Waals surface area contributed by atoms with Crippen LogP contribution in [0.25, 0.3) is 0 Å². The monoisotopic (exact) mass is 274 g/mol. The molecule has 2 rings (SSSR count). The second kappa shape index (κ2) is 5.53. The molecule has 0 amide bonds. The Balaban J connectivity index is 2.31. The predicted octanol–water partition coefficient (Wildman–Crippen LogP) is 4.32. The first-order valence-corrected chi connectivity index (χ1v) is 6.43. The van der Waals surface area contributed by atoms with E-state index in [2.05, 4.69) is 0 Å². The third-order valence-electron chi connectivity index (χ3n) is 3.30. The van der Waals surface area contributed by atoms with Gasteiger partial charge in [-0.1, -0.05) is 23.8 Å². The zero-order valence-electron chi connectivity index (χ0n) is 11.8. The van der Waals surface area contributed by atoms with E-state index in [1.54, 1.807) is 0 Å². The van der Waals surface area contributed by atoms with E-state index in [1.807, 2.05) is 32.9 Å². The Bertz CT molecular complexity index is 652. The molecule has 0 aliphatic rings. The lowest BCUT2D eigenvalue weighted by atomic mass is 9.93. The highest BCUT2D eigenvalue weighted by atomic mass is 19.2. The van der Waals surface area contributed by atoms with E-state index in [-0.39, 0.29) is 12.2 Å². The van der Waals surface area contributed by atoms with Gasteiger partial charge in [0.05, 0.1) is 0 Å². The van der Waals surface area contributed by atoms with Gasteiger partial charge in [-0.2, -0.15) is 0 Å². The summed E-state index contributed by atoms with van der Waals surface area (Å²) in [6, 6.07) is 7.46. The molecule has 0 aliphatic carbocycles. The quantitative estimate of drug-likeness (QED) is 0.762. The molecule has 104 valence electrons. The molecule has 0 heterocycles. The first-order valence-electron chi connectivity index (χ1n) is 6.43. The SMILES string of the molecule is Cc1cc(C)c(C(=O)Cc2ccc(F)c(F)c2)c(C)c1. The summed E-state index contributed by atoms with van der Waals surface area (Å²) in [6.07, 6.45) is 0.0714. The lowest BCUT2D eigenvalue weighted by Crippen LogP contribution is -2.09. The van der Waals surface area contributed by atoms with Gasteiger partial charge in [0.1, 0.15) is 0 Å². The third-order valence-corrected chi connectivity index (χ3v) is 3.30. The standard InChI is InChI=1S/C17H16F2O/c1-10-6-11(2)17(12(3)7-10)16(20)9-13-4-5-14(18)15(19)8-13/h4-8H,9H2,1-3H3. The number of halogens is 2. The number of hydrogen-bond donors (Lipinski definition) is 0. The van der Waals surface area contributed by atoms with Crippen LogP contribution in [0.3, 0.4) is 0 Å². The van der Waals surface area contributed by atoms with Crippen molar-refractivity contribution in [3.63, 3.8) is 0 Å². The van der Waals surface area contributed by atoms with Gasteiger partial charge in [0.2, 0.25) is 0 Å². The molecule has 20 heavy (non-hydrogen) atoms. The van der Waals surface area contributed by atoms with E-state index in [1.165, 1.54) is 6.07 Å². The maximum Gasteiger partial charge on any atom is 0.167 e. The zero-order valence-corrected chi connectivity index (χ0v) is 11.8. The molecule has 0 fully saturated rings. The topological polar surface area (TPSA) is 17.1 Å². The molecule has 0 saturated heterocycles. The van der Waals surface area contributed by atoms with Gasteiger partial charge in [-0.05, 0) is 49.6 Å². The van der Waals surface area contributed by atoms with Gasteiger partial charge in [-0.25, -0.2) is 8.78 Å². The first kappa shape index (κ1) is 14.4. The van der Waals surface area contributed by atoms with Crippen LogP contribution in [-0.2, 0) is 6.42 Å². The minimum absolute atomic E-state index is 0.0714. The van der Waals surface area contributed by atoms with Crippen LogP contribution < -0.4 is 0 Å². The number of hydrogen-bond acceptors (Lipinski definition) is 1. The summed E-state index contributed by atoms with van der Waals surface area (Å²) in [5.41, 5.74) is 4.07. The Morgan fingerprint density at radius 2 is 1.55 bits per heavy atom. The summed E-state index contributed by atoms with van der Waals surface area (Å²) < 4.78 is 26.0. The second-order valence-corrected chi connectivity index (χ2v) is 5.12. The summed E-state index contributed by atoms with van der Waals surface area (Å²) in [7, 11) is 0. The number of carbonyl (C=O) groups is 1. The lowest BCUT2D eigenvalue weighted by molar-refractivity contribution is 0.0991. The molecule has 0 atom stereocenters. The summed E-state index contributed by atoms with van der Waals surface area (Å²) in [4.78, 5) is 12.3. The van der Waals surface area contributed by atoms with Gasteiger partial charge in [0.25, 0.3) is 0 Å². The summed E-state index contributed by atoms with van der Waals surface area (Å²) in [5, 5.41) is 0. The van der Waals surface area contributed by atoms with Gasteiger partial charge in [0, 0.05) is 12.0 Å². The molecule has 0 radical (unpaired) electrons. The van der Waals surface area contributed by atoms with Crippen LogP contribution in [0.5, 0.6) is 0 Å². The Hall–Kier alpha value is -2.03. The lowest BCUT2D eigenvalue weighted by Gasteiger charge is -2.10. The maximum atomic E-state index is 13.2. The molecule has 0 unspecified atom stereocenters. The Morgan fingerprint density at radius 3 is 2.10 bits per heavy atom. The number of benzene rings is 2. The Morgan fingerprint density at radius 1 is 0.950 bits per heavy atom. The fourth-order valence-corrected chi connectivity index (χ4v) is 2.54. The van der Waals surface area contributed by atoms with Crippen molar-refractivity contribution in [1.82, 2.24) is 0 Å². The smallest absolute Gasteiger partial charge is 0.167 e. The molecule has 0 N–H and O–H groups in total. The van der Waals surface area contributed by atoms with Crippen molar-refractivity contribution in [2.75, 3.05) is 0 Å². The van der Waals surface area contributed by atoms with Crippen molar-refractivity contribution in [3.05, 3.63) is 69.8 Å². The number of carbonyl (C=O) groups excluding carboxylic acids is 1. The van der Waals surface area contributed by atoms with Gasteiger partial charge < -0.3 is 0 Å². The summed E-state index contributed by atoms with van der Waals surface area (Å²) in [5.74, 6) is -1.90. The fourth-order valence-electron chi connectivity index (χ4n) is 2.54. The molecular weight excluding hydrogens is 258 g/mol. The molecule has 0 bridgehead atoms. The van der Waals surface area contributed by atoms with Crippen molar-refractivity contribution in [2.45, 2.75) is 27.2 Å². The summed E-state index contributed by atoms with van der Waals surface area (Å²) in [6.45, 7) is 5.75. The Kier molecular flexibility index (Phi) is 3.98. The van der Waals surface area contributed by atoms with Crippen molar-refractivity contribution >= 4 is 5.78 Å². The third kappa shape index (κ3) is 2.93. The normalized spacial score (nSPS) is 10.7. The van der Waals surface area contributed by atoms with Crippen LogP contribution >= 0.6 is 0 Å². The van der Waals surface area contributed by atoms with Crippen LogP contribution in [0.15, 0.2) is 30.3 Å². The molecule has 0 saturated carbocycles. The average molecular weight is 274 g/mol. The number of Topliss-reactive ketones (excluding diaryl/α,β-unsaturated/α-hetero) is 1. The van der Waals surface area contributed by atoms with E-state index in [9.17, 15) is 13.6 Å². The minimum Gasteiger partial charge on any atom is -0.294 e. The molecule has 3 heteroatoms. The summed E-state index contributed by atoms with van der Waals surface area (Å²) >= 11 is 0. The number of aryl methyl sites for hydroxylation is 3. The fraction of sp³-hybridized carbons (Fsp3) is 0.235. The van der Waals surface area contributed by atoms with E-state index in [0.29, 0.717) is 11.1 Å². The average Bonchev–Trinajstić information content (AvgIpc) is 2.32. The second-order valence-electron chi connectivity index (χ2n) is 5.12. The van der Waals surface area contributed by atoms with E-state index in [0.717, 1.165) is 28.8 Å². The van der Waals surface area contributed by atoms with Gasteiger partial charge in [-0.15, -0.1) is 0 Å². The minimum atomic E-state index is -0.923. The van der Waals surface area contributed by atoms with E-state index in [4.69, 9.17) is 0 Å². The highest BCUT2D eigenvalue weighted by molar-refractivity contribution is 6.00. The van der Waals surface area contributed by atoms with Crippen LogP contribution in [0.1, 0.15) is 32.6 Å². The van der Waals surface area contributed by atoms with Crippen LogP contribution in [-0.4, -0.2) is 5.78 Å². The molecule has 2 aromatic rings. The first-order chi connectivity index (χ1) is 9.38. The number of ketones is 1. The highest BCUT2D eigenvalue weighted by Crippen LogP contribution is 2.19. The van der Waals surface area contributed by atoms with Gasteiger partial charge >= 0.3 is 0 Å². The van der Waals surface area contributed by atoms with Crippen LogP contribution in [0, 0.1) is 32.4 Å². The van der Waals surface area contributed by atoms with Crippen molar-refractivity contribution < 1.29 is 13.6 Å². The van der Waals surface area contributed by atoms with E-state index >= 15 is 0 Å². The predicted molar refractivity (Wildman–Crippen MR) is 75.0 cm³/mol. The molecule has 0 aliphatic heterocycles. The van der Waals surface area contributed by atoms with Crippen LogP contribution in [0.2, 0.25) is 0 Å². The highest BCUT2D eigenvalue weighted by Gasteiger charge is 2.14. The molecule has 2 aromatic carbocycles. The Labute approximate surface area is 117 Å². The number of rotatable bonds is 3. The molecule has 0 spiro atoms. The molecular formula is C17H16F2O. The van der Waals surface area contributed by atoms with Gasteiger partial charge in [-0.3, -0.25) is 4.79 Å². The van der Waals surface area contributed by atoms with Crippen molar-refractivity contribution in [3.8, 4) is 0 Å². The molecule has 1 nitrogen and oxygen atoms in total. The zero-order chi connectivity index (χ0) is 14.9.